The summed E-state index contributed by atoms with van der Waals surface area (Å²) in [5, 5.41) is 8.55. The van der Waals surface area contributed by atoms with E-state index in [4.69, 9.17) is 5.11 Å². The first-order chi connectivity index (χ1) is 14.7. The van der Waals surface area contributed by atoms with Crippen LogP contribution in [0.2, 0.25) is 0 Å². The highest BCUT2D eigenvalue weighted by atomic mass is 16.5. The Morgan fingerprint density at radius 3 is 1.97 bits per heavy atom. The van der Waals surface area contributed by atoms with Crippen LogP contribution in [0.3, 0.4) is 0 Å². The van der Waals surface area contributed by atoms with Crippen molar-refractivity contribution in [2.45, 2.75) is 13.3 Å². The highest BCUT2D eigenvalue weighted by molar-refractivity contribution is 5.87. The maximum Gasteiger partial charge on any atom is 0.333 e. The second-order valence-electron chi connectivity index (χ2n) is 5.72. The Balaban J connectivity index is 0. The number of allylic oxidation sites excluding steroid dienone is 1. The zero-order chi connectivity index (χ0) is 24.1. The van der Waals surface area contributed by atoms with Gasteiger partial charge in [0.2, 0.25) is 0 Å². The van der Waals surface area contributed by atoms with Crippen LogP contribution in [0, 0.1) is 0 Å². The number of esters is 2. The fourth-order valence-corrected chi connectivity index (χ4v) is 1.45. The normalized spacial score (nSPS) is 8.94. The minimum absolute atomic E-state index is 0.206. The van der Waals surface area contributed by atoms with Crippen LogP contribution < -0.4 is 0 Å². The van der Waals surface area contributed by atoms with Crippen molar-refractivity contribution >= 4 is 24.0 Å². The van der Waals surface area contributed by atoms with Crippen molar-refractivity contribution in [1.82, 2.24) is 0 Å². The van der Waals surface area contributed by atoms with Gasteiger partial charge in [-0.3, -0.25) is 0 Å². The molecule has 0 saturated carbocycles. The lowest BCUT2D eigenvalue weighted by Gasteiger charge is -1.97. The third-order valence-electron chi connectivity index (χ3n) is 2.97. The Morgan fingerprint density at radius 1 is 0.968 bits per heavy atom. The van der Waals surface area contributed by atoms with Gasteiger partial charge in [0.1, 0.15) is 13.2 Å². The molecule has 1 rings (SSSR count). The van der Waals surface area contributed by atoms with Gasteiger partial charge in [-0.2, -0.15) is 0 Å². The molecular weight excluding hydrogens is 396 g/mol. The first-order valence-electron chi connectivity index (χ1n) is 9.15. The van der Waals surface area contributed by atoms with Gasteiger partial charge < -0.3 is 14.6 Å². The van der Waals surface area contributed by atoms with E-state index >= 15 is 0 Å². The Morgan fingerprint density at radius 2 is 1.52 bits per heavy atom. The average Bonchev–Trinajstić information content (AvgIpc) is 2.77. The van der Waals surface area contributed by atoms with E-state index in [1.807, 2.05) is 36.4 Å². The Labute approximate surface area is 184 Å². The molecule has 31 heavy (non-hydrogen) atoms. The summed E-state index contributed by atoms with van der Waals surface area (Å²) in [5.41, 5.74) is 1.68. The van der Waals surface area contributed by atoms with E-state index in [0.717, 1.165) is 11.6 Å². The second-order valence-corrected chi connectivity index (χ2v) is 5.72. The highest BCUT2D eigenvalue weighted by Crippen LogP contribution is 2.05. The van der Waals surface area contributed by atoms with Crippen molar-refractivity contribution in [2.75, 3.05) is 13.2 Å². The zero-order valence-corrected chi connectivity index (χ0v) is 17.9. The van der Waals surface area contributed by atoms with E-state index in [-0.39, 0.29) is 24.8 Å². The molecule has 1 aromatic rings. The number of hydrogen-bond acceptors (Lipinski definition) is 5. The van der Waals surface area contributed by atoms with E-state index < -0.39 is 11.9 Å². The molecule has 0 spiro atoms. The largest absolute Gasteiger partial charge is 0.478 e. The summed E-state index contributed by atoms with van der Waals surface area (Å²) < 4.78 is 9.06. The summed E-state index contributed by atoms with van der Waals surface area (Å²) in [6, 6.07) is 9.73. The summed E-state index contributed by atoms with van der Waals surface area (Å²) in [4.78, 5) is 31.1. The predicted molar refractivity (Wildman–Crippen MR) is 124 cm³/mol. The van der Waals surface area contributed by atoms with Gasteiger partial charge in [0.25, 0.3) is 0 Å². The molecule has 0 saturated heterocycles. The van der Waals surface area contributed by atoms with Crippen LogP contribution in [0.1, 0.15) is 18.9 Å². The lowest BCUT2D eigenvalue weighted by molar-refractivity contribution is -0.138. The van der Waals surface area contributed by atoms with Crippen LogP contribution in [0.25, 0.3) is 6.08 Å². The number of carboxylic acid groups (broad SMARTS) is 1. The molecule has 1 aromatic carbocycles. The number of ether oxygens (including phenoxy) is 2. The first-order valence-corrected chi connectivity index (χ1v) is 9.15. The minimum atomic E-state index is -0.942. The average molecular weight is 427 g/mol. The molecule has 0 bridgehead atoms. The van der Waals surface area contributed by atoms with Crippen molar-refractivity contribution in [3.8, 4) is 0 Å². The van der Waals surface area contributed by atoms with Crippen LogP contribution in [-0.4, -0.2) is 36.2 Å². The van der Waals surface area contributed by atoms with Gasteiger partial charge in [-0.15, -0.1) is 0 Å². The van der Waals surface area contributed by atoms with Gasteiger partial charge in [-0.1, -0.05) is 87.5 Å². The van der Waals surface area contributed by atoms with Crippen LogP contribution in [0.4, 0.5) is 0 Å². The Hall–Kier alpha value is -3.93. The van der Waals surface area contributed by atoms with Crippen molar-refractivity contribution in [3.05, 3.63) is 104 Å². The third kappa shape index (κ3) is 19.2. The lowest BCUT2D eigenvalue weighted by Crippen LogP contribution is -2.03. The summed E-state index contributed by atoms with van der Waals surface area (Å²) >= 11 is 0. The van der Waals surface area contributed by atoms with Crippen LogP contribution in [-0.2, 0) is 23.9 Å². The van der Waals surface area contributed by atoms with E-state index in [2.05, 4.69) is 42.4 Å². The summed E-state index contributed by atoms with van der Waals surface area (Å²) in [7, 11) is 0. The van der Waals surface area contributed by atoms with E-state index in [0.29, 0.717) is 12.0 Å². The van der Waals surface area contributed by atoms with Crippen molar-refractivity contribution < 1.29 is 29.0 Å². The first kappa shape index (κ1) is 29.3. The molecule has 0 unspecified atom stereocenters. The topological polar surface area (TPSA) is 89.9 Å². The number of carbonyl (C=O) groups is 3. The number of carboxylic acids is 1. The van der Waals surface area contributed by atoms with Crippen LogP contribution in [0.5, 0.6) is 0 Å². The van der Waals surface area contributed by atoms with E-state index in [1.165, 1.54) is 12.2 Å². The Kier molecular flexibility index (Phi) is 18.3. The van der Waals surface area contributed by atoms with Gasteiger partial charge in [0, 0.05) is 17.2 Å². The van der Waals surface area contributed by atoms with E-state index in [9.17, 15) is 14.4 Å². The SMILES string of the molecule is C=C(CC=Cc1ccccc1)C(=O)O.C=CCOC(=O)C(=C)C.C=CCOC(=O)C=C. The highest BCUT2D eigenvalue weighted by Gasteiger charge is 1.99. The summed E-state index contributed by atoms with van der Waals surface area (Å²) in [6.45, 7) is 18.9. The van der Waals surface area contributed by atoms with Crippen LogP contribution >= 0.6 is 0 Å². The van der Waals surface area contributed by atoms with Gasteiger partial charge in [-0.25, -0.2) is 14.4 Å². The fourth-order valence-electron chi connectivity index (χ4n) is 1.45. The van der Waals surface area contributed by atoms with Crippen molar-refractivity contribution in [3.63, 3.8) is 0 Å². The summed E-state index contributed by atoms with van der Waals surface area (Å²) in [5.74, 6) is -1.72. The molecule has 0 aliphatic rings. The number of aliphatic carboxylic acids is 1. The van der Waals surface area contributed by atoms with Gasteiger partial charge in [0.15, 0.2) is 0 Å². The molecule has 166 valence electrons. The zero-order valence-electron chi connectivity index (χ0n) is 17.9. The molecule has 6 heteroatoms. The molecule has 0 aliphatic heterocycles. The van der Waals surface area contributed by atoms with Gasteiger partial charge in [0.05, 0.1) is 0 Å². The summed E-state index contributed by atoms with van der Waals surface area (Å²) in [6.07, 6.45) is 8.19. The third-order valence-corrected chi connectivity index (χ3v) is 2.97. The number of rotatable bonds is 10. The van der Waals surface area contributed by atoms with Gasteiger partial charge >= 0.3 is 17.9 Å². The molecule has 0 amide bonds. The van der Waals surface area contributed by atoms with Crippen molar-refractivity contribution in [1.29, 1.82) is 0 Å². The monoisotopic (exact) mass is 426 g/mol. The van der Waals surface area contributed by atoms with Crippen molar-refractivity contribution in [2.24, 2.45) is 0 Å². The fraction of sp³-hybridized carbons (Fsp3) is 0.160. The minimum Gasteiger partial charge on any atom is -0.478 e. The Bertz CT molecular complexity index is 787. The molecule has 0 fully saturated rings. The van der Waals surface area contributed by atoms with E-state index in [1.54, 1.807) is 13.0 Å². The maximum absolute atomic E-state index is 10.5. The molecule has 1 N–H and O–H groups in total. The number of carbonyl (C=O) groups excluding carboxylic acids is 2. The standard InChI is InChI=1S/C12H12O2.C7H10O2.C6H8O2/c1-10(12(13)14)6-5-9-11-7-3-2-4-8-11;1-4-5-9-7(8)6(2)3;1-3-5-8-6(7)4-2/h2-5,7-9H,1,6H2,(H,13,14);4H,1-2,5H2,3H3;3-4H,1-2,5H2. The smallest absolute Gasteiger partial charge is 0.333 e. The quantitative estimate of drug-likeness (QED) is 0.324. The van der Waals surface area contributed by atoms with Crippen LogP contribution in [0.15, 0.2) is 98.7 Å². The molecule has 0 aliphatic carbocycles. The number of hydrogen-bond donors (Lipinski definition) is 1. The molecule has 0 atom stereocenters. The molecule has 6 nitrogen and oxygen atoms in total. The molecule has 0 aromatic heterocycles. The molecular formula is C25H30O6. The maximum atomic E-state index is 10.5. The number of benzene rings is 1. The van der Waals surface area contributed by atoms with Gasteiger partial charge in [-0.05, 0) is 18.9 Å². The lowest BCUT2D eigenvalue weighted by atomic mass is 10.1. The molecule has 0 radical (unpaired) electrons. The predicted octanol–water partition coefficient (Wildman–Crippen LogP) is 4.92. The molecule has 0 heterocycles. The second kappa shape index (κ2) is 19.4.